The Morgan fingerprint density at radius 1 is 1.11 bits per heavy atom. The first-order valence-electron chi connectivity index (χ1n) is 6.03. The summed E-state index contributed by atoms with van der Waals surface area (Å²) >= 11 is 5.15. The molecule has 1 heterocycles. The van der Waals surface area contributed by atoms with Crippen molar-refractivity contribution in [3.05, 3.63) is 52.0 Å². The molecule has 4 heteroatoms. The van der Waals surface area contributed by atoms with Crippen molar-refractivity contribution in [2.24, 2.45) is 0 Å². The number of nitrogens with one attached hydrogen (secondary N) is 1. The molecule has 0 fully saturated rings. The summed E-state index contributed by atoms with van der Waals surface area (Å²) in [6, 6.07) is 12.5. The van der Waals surface area contributed by atoms with E-state index in [0.717, 1.165) is 20.8 Å². The number of para-hydroxylation sites is 1. The van der Waals surface area contributed by atoms with E-state index < -0.39 is 0 Å². The van der Waals surface area contributed by atoms with Gasteiger partial charge in [0.15, 0.2) is 5.13 Å². The predicted octanol–water partition coefficient (Wildman–Crippen LogP) is 5.42. The van der Waals surface area contributed by atoms with E-state index in [0.29, 0.717) is 0 Å². The molecule has 2 nitrogen and oxygen atoms in total. The van der Waals surface area contributed by atoms with Crippen molar-refractivity contribution in [1.29, 1.82) is 0 Å². The number of nitrogens with zero attached hydrogens (tertiary/aromatic N) is 1. The monoisotopic (exact) mass is 332 g/mol. The van der Waals surface area contributed by atoms with E-state index in [1.165, 1.54) is 15.8 Å². The van der Waals surface area contributed by atoms with E-state index in [1.807, 2.05) is 12.1 Å². The Morgan fingerprint density at radius 3 is 2.58 bits per heavy atom. The van der Waals surface area contributed by atoms with Crippen LogP contribution in [0.25, 0.3) is 10.2 Å². The molecule has 0 bridgehead atoms. The largest absolute Gasteiger partial charge is 0.331 e. The molecule has 0 aliphatic carbocycles. The lowest BCUT2D eigenvalue weighted by Crippen LogP contribution is -1.95. The fraction of sp³-hybridized carbons (Fsp3) is 0.133. The van der Waals surface area contributed by atoms with Gasteiger partial charge in [0.25, 0.3) is 0 Å². The van der Waals surface area contributed by atoms with Crippen LogP contribution >= 0.6 is 27.3 Å². The van der Waals surface area contributed by atoms with Crippen LogP contribution in [0, 0.1) is 13.8 Å². The zero-order chi connectivity index (χ0) is 13.4. The van der Waals surface area contributed by atoms with Crippen LogP contribution in [0.1, 0.15) is 11.1 Å². The van der Waals surface area contributed by atoms with Gasteiger partial charge < -0.3 is 5.32 Å². The summed E-state index contributed by atoms with van der Waals surface area (Å²) in [6.45, 7) is 4.22. The third kappa shape index (κ3) is 2.51. The molecule has 3 aromatic rings. The normalized spacial score (nSPS) is 10.9. The maximum absolute atomic E-state index is 4.63. The molecule has 0 aliphatic rings. The predicted molar refractivity (Wildman–Crippen MR) is 86.5 cm³/mol. The molecule has 3 rings (SSSR count). The van der Waals surface area contributed by atoms with Crippen LogP contribution < -0.4 is 5.32 Å². The Bertz CT molecular complexity index is 729. The molecule has 1 N–H and O–H groups in total. The van der Waals surface area contributed by atoms with Crippen LogP contribution in [0.2, 0.25) is 0 Å². The second-order valence-electron chi connectivity index (χ2n) is 4.52. The van der Waals surface area contributed by atoms with Crippen molar-refractivity contribution >= 4 is 48.3 Å². The van der Waals surface area contributed by atoms with Crippen molar-refractivity contribution in [1.82, 2.24) is 4.98 Å². The van der Waals surface area contributed by atoms with Gasteiger partial charge in [-0.2, -0.15) is 0 Å². The highest BCUT2D eigenvalue weighted by molar-refractivity contribution is 9.10. The summed E-state index contributed by atoms with van der Waals surface area (Å²) in [5, 5.41) is 4.38. The van der Waals surface area contributed by atoms with Crippen LogP contribution in [0.15, 0.2) is 40.9 Å². The van der Waals surface area contributed by atoms with Crippen molar-refractivity contribution in [3.8, 4) is 0 Å². The van der Waals surface area contributed by atoms with E-state index >= 15 is 0 Å². The summed E-state index contributed by atoms with van der Waals surface area (Å²) in [7, 11) is 0. The summed E-state index contributed by atoms with van der Waals surface area (Å²) < 4.78 is 2.25. The van der Waals surface area contributed by atoms with Gasteiger partial charge in [0.05, 0.1) is 10.2 Å². The molecule has 96 valence electrons. The minimum absolute atomic E-state index is 0.936. The Kier molecular flexibility index (Phi) is 3.29. The number of aryl methyl sites for hydroxylation is 2. The second-order valence-corrected chi connectivity index (χ2v) is 6.47. The lowest BCUT2D eigenvalue weighted by molar-refractivity contribution is 1.34. The van der Waals surface area contributed by atoms with E-state index in [4.69, 9.17) is 0 Å². The van der Waals surface area contributed by atoms with E-state index in [9.17, 15) is 0 Å². The number of rotatable bonds is 2. The molecule has 0 atom stereocenters. The first-order chi connectivity index (χ1) is 9.13. The number of halogens is 1. The van der Waals surface area contributed by atoms with E-state index in [-0.39, 0.29) is 0 Å². The SMILES string of the molecule is Cc1cccc(C)c1Nc1nc2cc(Br)ccc2s1. The van der Waals surface area contributed by atoms with Gasteiger partial charge in [-0.15, -0.1) is 0 Å². The molecular formula is C15H13BrN2S. The number of thiazole rings is 1. The number of anilines is 2. The van der Waals surface area contributed by atoms with Crippen LogP contribution in [0.4, 0.5) is 10.8 Å². The van der Waals surface area contributed by atoms with Crippen molar-refractivity contribution < 1.29 is 0 Å². The van der Waals surface area contributed by atoms with Gasteiger partial charge in [0, 0.05) is 10.2 Å². The Morgan fingerprint density at radius 2 is 1.84 bits per heavy atom. The molecule has 19 heavy (non-hydrogen) atoms. The minimum Gasteiger partial charge on any atom is -0.331 e. The third-order valence-corrected chi connectivity index (χ3v) is 4.51. The molecule has 0 unspecified atom stereocenters. The van der Waals surface area contributed by atoms with Gasteiger partial charge in [-0.3, -0.25) is 0 Å². The number of hydrogen-bond donors (Lipinski definition) is 1. The highest BCUT2D eigenvalue weighted by Gasteiger charge is 2.07. The minimum atomic E-state index is 0.936. The maximum Gasteiger partial charge on any atom is 0.188 e. The number of aromatic nitrogens is 1. The molecule has 0 radical (unpaired) electrons. The summed E-state index contributed by atoms with van der Waals surface area (Å²) in [6.07, 6.45) is 0. The molecule has 0 saturated heterocycles. The first-order valence-corrected chi connectivity index (χ1v) is 7.64. The summed E-state index contributed by atoms with van der Waals surface area (Å²) in [5.74, 6) is 0. The van der Waals surface area contributed by atoms with E-state index in [1.54, 1.807) is 11.3 Å². The highest BCUT2D eigenvalue weighted by atomic mass is 79.9. The average Bonchev–Trinajstić information content (AvgIpc) is 2.75. The van der Waals surface area contributed by atoms with Gasteiger partial charge in [0.1, 0.15) is 0 Å². The molecular weight excluding hydrogens is 320 g/mol. The van der Waals surface area contributed by atoms with Crippen molar-refractivity contribution in [2.75, 3.05) is 5.32 Å². The van der Waals surface area contributed by atoms with Gasteiger partial charge >= 0.3 is 0 Å². The smallest absolute Gasteiger partial charge is 0.188 e. The highest BCUT2D eigenvalue weighted by Crippen LogP contribution is 2.31. The lowest BCUT2D eigenvalue weighted by atomic mass is 10.1. The van der Waals surface area contributed by atoms with Crippen LogP contribution in [0.3, 0.4) is 0 Å². The summed E-state index contributed by atoms with van der Waals surface area (Å²) in [5.41, 5.74) is 4.65. The molecule has 0 amide bonds. The summed E-state index contributed by atoms with van der Waals surface area (Å²) in [4.78, 5) is 4.63. The Labute approximate surface area is 124 Å². The van der Waals surface area contributed by atoms with Crippen molar-refractivity contribution in [3.63, 3.8) is 0 Å². The van der Waals surface area contributed by atoms with Crippen LogP contribution in [-0.4, -0.2) is 4.98 Å². The molecule has 0 spiro atoms. The molecule has 0 saturated carbocycles. The fourth-order valence-corrected chi connectivity index (χ4v) is 3.27. The zero-order valence-electron chi connectivity index (χ0n) is 10.7. The van der Waals surface area contributed by atoms with Crippen LogP contribution in [0.5, 0.6) is 0 Å². The first kappa shape index (κ1) is 12.6. The maximum atomic E-state index is 4.63. The molecule has 0 aliphatic heterocycles. The quantitative estimate of drug-likeness (QED) is 0.677. The second kappa shape index (κ2) is 4.94. The molecule has 2 aromatic carbocycles. The topological polar surface area (TPSA) is 24.9 Å². The third-order valence-electron chi connectivity index (χ3n) is 3.06. The van der Waals surface area contributed by atoms with E-state index in [2.05, 4.69) is 64.3 Å². The number of hydrogen-bond acceptors (Lipinski definition) is 3. The standard InChI is InChI=1S/C15H13BrN2S/c1-9-4-3-5-10(2)14(9)18-15-17-12-8-11(16)6-7-13(12)19-15/h3-8H,1-2H3,(H,17,18). The van der Waals surface area contributed by atoms with Crippen LogP contribution in [-0.2, 0) is 0 Å². The molecule has 1 aromatic heterocycles. The number of fused-ring (bicyclic) bond motifs is 1. The van der Waals surface area contributed by atoms with Gasteiger partial charge in [0.2, 0.25) is 0 Å². The zero-order valence-corrected chi connectivity index (χ0v) is 13.1. The number of benzene rings is 2. The van der Waals surface area contributed by atoms with Crippen molar-refractivity contribution in [2.45, 2.75) is 13.8 Å². The lowest BCUT2D eigenvalue weighted by Gasteiger charge is -2.09. The van der Waals surface area contributed by atoms with Gasteiger partial charge in [-0.05, 0) is 43.2 Å². The van der Waals surface area contributed by atoms with Gasteiger partial charge in [-0.1, -0.05) is 45.5 Å². The van der Waals surface area contributed by atoms with Gasteiger partial charge in [-0.25, -0.2) is 4.98 Å². The average molecular weight is 333 g/mol. The Balaban J connectivity index is 2.01. The Hall–Kier alpha value is -1.39. The fourth-order valence-electron chi connectivity index (χ4n) is 2.07.